The number of methoxy groups -OCH3 is 2. The lowest BCUT2D eigenvalue weighted by molar-refractivity contribution is -0.141. The highest BCUT2D eigenvalue weighted by Gasteiger charge is 2.16. The van der Waals surface area contributed by atoms with Crippen molar-refractivity contribution in [2.75, 3.05) is 20.5 Å². The minimum absolute atomic E-state index is 0.00459. The van der Waals surface area contributed by atoms with Gasteiger partial charge in [0.2, 0.25) is 0 Å². The number of amides is 1. The largest absolute Gasteiger partial charge is 0.468 e. The van der Waals surface area contributed by atoms with E-state index in [0.29, 0.717) is 15.8 Å². The number of sulfone groups is 1. The van der Waals surface area contributed by atoms with E-state index in [0.717, 1.165) is 17.6 Å². The van der Waals surface area contributed by atoms with Crippen LogP contribution in [-0.2, 0) is 30.7 Å². The lowest BCUT2D eigenvalue weighted by Gasteiger charge is -2.04. The van der Waals surface area contributed by atoms with Gasteiger partial charge in [-0.25, -0.2) is 13.2 Å². The van der Waals surface area contributed by atoms with E-state index in [1.165, 1.54) is 49.1 Å². The van der Waals surface area contributed by atoms with E-state index in [1.54, 1.807) is 12.1 Å². The third-order valence-electron chi connectivity index (χ3n) is 4.33. The summed E-state index contributed by atoms with van der Waals surface area (Å²) >= 11 is 1.09. The Bertz CT molecular complexity index is 1370. The molecule has 0 spiro atoms. The summed E-state index contributed by atoms with van der Waals surface area (Å²) in [5, 5.41) is 0. The number of hydrogen-bond acceptors (Lipinski definition) is 8. The Morgan fingerprint density at radius 2 is 1.77 bits per heavy atom. The fraction of sp³-hybridized carbons (Fsp3) is 0.200. The number of fused-ring (bicyclic) bond motifs is 1. The smallest absolute Gasteiger partial charge is 0.337 e. The summed E-state index contributed by atoms with van der Waals surface area (Å²) in [4.78, 5) is 40.7. The van der Waals surface area contributed by atoms with Crippen LogP contribution < -0.4 is 4.80 Å². The number of benzene rings is 2. The summed E-state index contributed by atoms with van der Waals surface area (Å²) in [6, 6.07) is 10.3. The molecule has 0 atom stereocenters. The van der Waals surface area contributed by atoms with Crippen LogP contribution in [0.4, 0.5) is 0 Å². The Kier molecular flexibility index (Phi) is 6.37. The predicted molar refractivity (Wildman–Crippen MR) is 113 cm³/mol. The predicted octanol–water partition coefficient (Wildman–Crippen LogP) is 1.81. The van der Waals surface area contributed by atoms with Crippen LogP contribution in [0, 0.1) is 0 Å². The van der Waals surface area contributed by atoms with Crippen LogP contribution in [-0.4, -0.2) is 51.3 Å². The topological polar surface area (TPSA) is 121 Å². The van der Waals surface area contributed by atoms with Gasteiger partial charge in [-0.3, -0.25) is 9.59 Å². The van der Waals surface area contributed by atoms with Crippen molar-refractivity contribution >= 4 is 49.2 Å². The molecule has 31 heavy (non-hydrogen) atoms. The first-order valence-corrected chi connectivity index (χ1v) is 11.5. The van der Waals surface area contributed by atoms with Gasteiger partial charge in [0, 0.05) is 11.8 Å². The summed E-state index contributed by atoms with van der Waals surface area (Å²) in [5.74, 6) is -1.75. The van der Waals surface area contributed by atoms with E-state index in [-0.39, 0.29) is 21.8 Å². The first-order chi connectivity index (χ1) is 14.6. The average molecular weight is 463 g/mol. The summed E-state index contributed by atoms with van der Waals surface area (Å²) in [7, 11) is -0.989. The molecule has 3 rings (SSSR count). The van der Waals surface area contributed by atoms with Gasteiger partial charge in [0.25, 0.3) is 5.91 Å². The van der Waals surface area contributed by atoms with E-state index < -0.39 is 27.7 Å². The number of hydrogen-bond donors (Lipinski definition) is 0. The summed E-state index contributed by atoms with van der Waals surface area (Å²) < 4.78 is 35.1. The SMILES string of the molecule is COC(=O)Cn1c(=NC(=O)c2cccc(S(C)(=O)=O)c2)sc2cc(C(=O)OC)ccc21. The number of nitrogens with zero attached hydrogens (tertiary/aromatic N) is 2. The van der Waals surface area contributed by atoms with Gasteiger partial charge in [-0.1, -0.05) is 17.4 Å². The molecule has 0 unspecified atom stereocenters. The molecule has 1 aromatic heterocycles. The van der Waals surface area contributed by atoms with Crippen LogP contribution in [0.2, 0.25) is 0 Å². The number of rotatable bonds is 5. The van der Waals surface area contributed by atoms with Gasteiger partial charge in [-0.05, 0) is 36.4 Å². The van der Waals surface area contributed by atoms with Crippen LogP contribution >= 0.6 is 11.3 Å². The third-order valence-corrected chi connectivity index (χ3v) is 6.48. The molecular weight excluding hydrogens is 444 g/mol. The molecule has 0 saturated carbocycles. The van der Waals surface area contributed by atoms with Crippen molar-refractivity contribution in [1.29, 1.82) is 0 Å². The number of carbonyl (C=O) groups is 3. The molecule has 0 aliphatic rings. The van der Waals surface area contributed by atoms with Gasteiger partial charge in [-0.15, -0.1) is 0 Å². The number of ether oxygens (including phenoxy) is 2. The quantitative estimate of drug-likeness (QED) is 0.530. The molecule has 11 heteroatoms. The van der Waals surface area contributed by atoms with Gasteiger partial charge in [-0.2, -0.15) is 4.99 Å². The minimum Gasteiger partial charge on any atom is -0.468 e. The number of thiazole rings is 1. The van der Waals surface area contributed by atoms with Crippen LogP contribution in [0.25, 0.3) is 10.2 Å². The van der Waals surface area contributed by atoms with Crippen LogP contribution in [0.1, 0.15) is 20.7 Å². The first-order valence-electron chi connectivity index (χ1n) is 8.81. The number of esters is 2. The maximum absolute atomic E-state index is 12.7. The van der Waals surface area contributed by atoms with E-state index in [4.69, 9.17) is 9.47 Å². The second kappa shape index (κ2) is 8.82. The molecule has 0 radical (unpaired) electrons. The molecule has 0 aliphatic carbocycles. The molecule has 0 aliphatic heterocycles. The number of aromatic nitrogens is 1. The standard InChI is InChI=1S/C20H18N2O7S2/c1-28-17(23)11-22-15-8-7-13(19(25)29-2)10-16(15)30-20(22)21-18(24)12-5-4-6-14(9-12)31(3,26)27/h4-10H,11H2,1-3H3. The van der Waals surface area contributed by atoms with E-state index in [1.807, 2.05) is 0 Å². The Balaban J connectivity index is 2.16. The highest BCUT2D eigenvalue weighted by atomic mass is 32.2. The molecule has 162 valence electrons. The summed E-state index contributed by atoms with van der Waals surface area (Å²) in [6.07, 6.45) is 1.04. The minimum atomic E-state index is -3.50. The van der Waals surface area contributed by atoms with Crippen molar-refractivity contribution in [2.24, 2.45) is 4.99 Å². The highest BCUT2D eigenvalue weighted by molar-refractivity contribution is 7.90. The molecular formula is C20H18N2O7S2. The normalized spacial score (nSPS) is 12.0. The second-order valence-electron chi connectivity index (χ2n) is 6.44. The maximum Gasteiger partial charge on any atom is 0.337 e. The zero-order chi connectivity index (χ0) is 22.8. The molecule has 0 bridgehead atoms. The Morgan fingerprint density at radius 3 is 2.42 bits per heavy atom. The summed E-state index contributed by atoms with van der Waals surface area (Å²) in [6.45, 7) is -0.205. The van der Waals surface area contributed by atoms with Gasteiger partial charge < -0.3 is 14.0 Å². The Hall–Kier alpha value is -3.31. The zero-order valence-corrected chi connectivity index (χ0v) is 18.5. The first kappa shape index (κ1) is 22.4. The molecule has 9 nitrogen and oxygen atoms in total. The van der Waals surface area contributed by atoms with Gasteiger partial charge in [0.15, 0.2) is 14.6 Å². The van der Waals surface area contributed by atoms with E-state index >= 15 is 0 Å². The lowest BCUT2D eigenvalue weighted by atomic mass is 10.2. The van der Waals surface area contributed by atoms with Crippen LogP contribution in [0.15, 0.2) is 52.4 Å². The summed E-state index contributed by atoms with van der Waals surface area (Å²) in [5.41, 5.74) is 0.958. The van der Waals surface area contributed by atoms with Gasteiger partial charge in [0.05, 0.1) is 34.9 Å². The van der Waals surface area contributed by atoms with Crippen molar-refractivity contribution in [3.63, 3.8) is 0 Å². The van der Waals surface area contributed by atoms with Crippen molar-refractivity contribution in [3.05, 3.63) is 58.4 Å². The monoisotopic (exact) mass is 462 g/mol. The zero-order valence-electron chi connectivity index (χ0n) is 16.8. The maximum atomic E-state index is 12.7. The molecule has 1 amide bonds. The van der Waals surface area contributed by atoms with Gasteiger partial charge >= 0.3 is 11.9 Å². The van der Waals surface area contributed by atoms with E-state index in [9.17, 15) is 22.8 Å². The molecule has 2 aromatic carbocycles. The Morgan fingerprint density at radius 1 is 1.03 bits per heavy atom. The average Bonchev–Trinajstić information content (AvgIpc) is 3.08. The van der Waals surface area contributed by atoms with Crippen LogP contribution in [0.3, 0.4) is 0 Å². The molecule has 0 N–H and O–H groups in total. The van der Waals surface area contributed by atoms with Crippen molar-refractivity contribution in [1.82, 2.24) is 4.57 Å². The van der Waals surface area contributed by atoms with Crippen molar-refractivity contribution < 1.29 is 32.3 Å². The van der Waals surface area contributed by atoms with Crippen molar-refractivity contribution in [2.45, 2.75) is 11.4 Å². The fourth-order valence-corrected chi connectivity index (χ4v) is 4.49. The van der Waals surface area contributed by atoms with Gasteiger partial charge in [0.1, 0.15) is 6.54 Å². The van der Waals surface area contributed by atoms with Crippen LogP contribution in [0.5, 0.6) is 0 Å². The molecule has 3 aromatic rings. The molecule has 1 heterocycles. The highest BCUT2D eigenvalue weighted by Crippen LogP contribution is 2.20. The third kappa shape index (κ3) is 4.89. The molecule has 0 fully saturated rings. The number of carbonyl (C=O) groups excluding carboxylic acids is 3. The lowest BCUT2D eigenvalue weighted by Crippen LogP contribution is -2.22. The Labute approximate surface area is 181 Å². The molecule has 0 saturated heterocycles. The van der Waals surface area contributed by atoms with Crippen molar-refractivity contribution in [3.8, 4) is 0 Å². The fourth-order valence-electron chi connectivity index (χ4n) is 2.76. The second-order valence-corrected chi connectivity index (χ2v) is 9.46. The van der Waals surface area contributed by atoms with E-state index in [2.05, 4.69) is 4.99 Å².